The van der Waals surface area contributed by atoms with Crippen LogP contribution in [0.15, 0.2) is 28.7 Å². The Balaban J connectivity index is 2.21. The van der Waals surface area contributed by atoms with Gasteiger partial charge in [-0.3, -0.25) is 4.90 Å². The first-order valence-electron chi connectivity index (χ1n) is 5.82. The van der Waals surface area contributed by atoms with E-state index >= 15 is 0 Å². The van der Waals surface area contributed by atoms with Gasteiger partial charge in [0.1, 0.15) is 0 Å². The van der Waals surface area contributed by atoms with Gasteiger partial charge in [0.15, 0.2) is 0 Å². The Morgan fingerprint density at radius 1 is 1.31 bits per heavy atom. The van der Waals surface area contributed by atoms with E-state index in [1.807, 2.05) is 0 Å². The Bertz CT molecular complexity index is 343. The minimum Gasteiger partial charge on any atom is -0.326 e. The molecule has 1 saturated carbocycles. The SMILES string of the molecule is CC(N)C(c1ccc(Br)cc1)N(C)C1CC1. The van der Waals surface area contributed by atoms with Gasteiger partial charge in [-0.15, -0.1) is 0 Å². The van der Waals surface area contributed by atoms with Gasteiger partial charge < -0.3 is 5.73 Å². The maximum atomic E-state index is 6.12. The number of hydrogen-bond donors (Lipinski definition) is 1. The molecule has 0 saturated heterocycles. The van der Waals surface area contributed by atoms with Gasteiger partial charge in [-0.2, -0.15) is 0 Å². The highest BCUT2D eigenvalue weighted by molar-refractivity contribution is 9.10. The maximum absolute atomic E-state index is 6.12. The van der Waals surface area contributed by atoms with Gasteiger partial charge in [-0.25, -0.2) is 0 Å². The van der Waals surface area contributed by atoms with Crippen LogP contribution in [0.3, 0.4) is 0 Å². The summed E-state index contributed by atoms with van der Waals surface area (Å²) in [4.78, 5) is 2.42. The molecule has 0 aromatic heterocycles. The van der Waals surface area contributed by atoms with Crippen molar-refractivity contribution in [1.82, 2.24) is 4.90 Å². The predicted molar refractivity (Wildman–Crippen MR) is 71.3 cm³/mol. The molecule has 1 aromatic rings. The molecule has 1 aromatic carbocycles. The van der Waals surface area contributed by atoms with Crippen molar-refractivity contribution in [2.24, 2.45) is 5.73 Å². The van der Waals surface area contributed by atoms with Crippen LogP contribution >= 0.6 is 15.9 Å². The van der Waals surface area contributed by atoms with Crippen LogP contribution in [0, 0.1) is 0 Å². The van der Waals surface area contributed by atoms with Crippen LogP contribution in [0.1, 0.15) is 31.4 Å². The molecule has 1 fully saturated rings. The van der Waals surface area contributed by atoms with Crippen LogP contribution in [-0.4, -0.2) is 24.0 Å². The predicted octanol–water partition coefficient (Wildman–Crippen LogP) is 2.93. The van der Waals surface area contributed by atoms with Crippen LogP contribution in [-0.2, 0) is 0 Å². The van der Waals surface area contributed by atoms with Gasteiger partial charge in [-0.05, 0) is 44.5 Å². The summed E-state index contributed by atoms with van der Waals surface area (Å²) in [7, 11) is 2.19. The zero-order valence-electron chi connectivity index (χ0n) is 9.86. The number of benzene rings is 1. The van der Waals surface area contributed by atoms with E-state index in [1.165, 1.54) is 18.4 Å². The standard InChI is InChI=1S/C13H19BrN2/c1-9(15)13(16(2)12-7-8-12)10-3-5-11(14)6-4-10/h3-6,9,12-13H,7-8,15H2,1-2H3. The van der Waals surface area contributed by atoms with Crippen molar-refractivity contribution in [1.29, 1.82) is 0 Å². The summed E-state index contributed by atoms with van der Waals surface area (Å²) < 4.78 is 1.12. The topological polar surface area (TPSA) is 29.3 Å². The van der Waals surface area contributed by atoms with Crippen molar-refractivity contribution >= 4 is 15.9 Å². The molecule has 1 aliphatic rings. The molecule has 2 atom stereocenters. The first-order chi connectivity index (χ1) is 7.59. The molecule has 0 heterocycles. The zero-order valence-corrected chi connectivity index (χ0v) is 11.4. The van der Waals surface area contributed by atoms with Crippen LogP contribution < -0.4 is 5.73 Å². The second-order valence-electron chi connectivity index (χ2n) is 4.75. The molecule has 88 valence electrons. The fourth-order valence-corrected chi connectivity index (χ4v) is 2.54. The molecule has 1 aliphatic carbocycles. The number of likely N-dealkylation sites (N-methyl/N-ethyl adjacent to an activating group) is 1. The van der Waals surface area contributed by atoms with E-state index in [2.05, 4.69) is 59.1 Å². The van der Waals surface area contributed by atoms with Crippen molar-refractivity contribution in [2.75, 3.05) is 7.05 Å². The molecule has 0 amide bonds. The smallest absolute Gasteiger partial charge is 0.0496 e. The third-order valence-corrected chi connectivity index (χ3v) is 3.80. The Morgan fingerprint density at radius 3 is 2.31 bits per heavy atom. The van der Waals surface area contributed by atoms with E-state index in [0.717, 1.165) is 10.5 Å². The normalized spacial score (nSPS) is 19.8. The van der Waals surface area contributed by atoms with Gasteiger partial charge in [-0.1, -0.05) is 28.1 Å². The fraction of sp³-hybridized carbons (Fsp3) is 0.538. The summed E-state index contributed by atoms with van der Waals surface area (Å²) in [6.07, 6.45) is 2.63. The van der Waals surface area contributed by atoms with E-state index in [4.69, 9.17) is 5.73 Å². The quantitative estimate of drug-likeness (QED) is 0.920. The molecule has 2 nitrogen and oxygen atoms in total. The highest BCUT2D eigenvalue weighted by atomic mass is 79.9. The lowest BCUT2D eigenvalue weighted by atomic mass is 9.99. The van der Waals surface area contributed by atoms with Crippen LogP contribution in [0.2, 0.25) is 0 Å². The Labute approximate surface area is 106 Å². The van der Waals surface area contributed by atoms with E-state index < -0.39 is 0 Å². The summed E-state index contributed by atoms with van der Waals surface area (Å²) in [5.74, 6) is 0. The molecule has 2 rings (SSSR count). The van der Waals surface area contributed by atoms with E-state index in [0.29, 0.717) is 6.04 Å². The first-order valence-corrected chi connectivity index (χ1v) is 6.62. The van der Waals surface area contributed by atoms with E-state index in [9.17, 15) is 0 Å². The molecule has 16 heavy (non-hydrogen) atoms. The van der Waals surface area contributed by atoms with Gasteiger partial charge in [0.2, 0.25) is 0 Å². The van der Waals surface area contributed by atoms with Gasteiger partial charge in [0.25, 0.3) is 0 Å². The largest absolute Gasteiger partial charge is 0.326 e. The Hall–Kier alpha value is -0.380. The first kappa shape index (κ1) is 12.1. The number of nitrogens with two attached hydrogens (primary N) is 1. The highest BCUT2D eigenvalue weighted by Crippen LogP contribution is 2.34. The van der Waals surface area contributed by atoms with Gasteiger partial charge >= 0.3 is 0 Å². The molecule has 2 unspecified atom stereocenters. The van der Waals surface area contributed by atoms with Crippen molar-refractivity contribution < 1.29 is 0 Å². The molecular weight excluding hydrogens is 264 g/mol. The van der Waals surface area contributed by atoms with Crippen molar-refractivity contribution in [2.45, 2.75) is 37.9 Å². The lowest BCUT2D eigenvalue weighted by Crippen LogP contribution is -2.38. The summed E-state index contributed by atoms with van der Waals surface area (Å²) in [6, 6.07) is 9.73. The fourth-order valence-electron chi connectivity index (χ4n) is 2.28. The molecular formula is C13H19BrN2. The second kappa shape index (κ2) is 4.86. The van der Waals surface area contributed by atoms with Gasteiger partial charge in [0.05, 0.1) is 0 Å². The molecule has 3 heteroatoms. The summed E-state index contributed by atoms with van der Waals surface area (Å²) in [5.41, 5.74) is 7.43. The average molecular weight is 283 g/mol. The van der Waals surface area contributed by atoms with Crippen LogP contribution in [0.4, 0.5) is 0 Å². The van der Waals surface area contributed by atoms with E-state index in [1.54, 1.807) is 0 Å². The lowest BCUT2D eigenvalue weighted by molar-refractivity contribution is 0.209. The van der Waals surface area contributed by atoms with Crippen molar-refractivity contribution in [3.63, 3.8) is 0 Å². The number of rotatable bonds is 4. The minimum atomic E-state index is 0.159. The van der Waals surface area contributed by atoms with Crippen LogP contribution in [0.5, 0.6) is 0 Å². The molecule has 2 N–H and O–H groups in total. The van der Waals surface area contributed by atoms with Gasteiger partial charge in [0, 0.05) is 22.6 Å². The number of halogens is 1. The van der Waals surface area contributed by atoms with Crippen LogP contribution in [0.25, 0.3) is 0 Å². The number of nitrogens with zero attached hydrogens (tertiary/aromatic N) is 1. The molecule has 0 radical (unpaired) electrons. The Morgan fingerprint density at radius 2 is 1.88 bits per heavy atom. The highest BCUT2D eigenvalue weighted by Gasteiger charge is 2.33. The second-order valence-corrected chi connectivity index (χ2v) is 5.67. The summed E-state index contributed by atoms with van der Waals surface area (Å²) in [5, 5.41) is 0. The minimum absolute atomic E-state index is 0.159. The third-order valence-electron chi connectivity index (χ3n) is 3.27. The third kappa shape index (κ3) is 2.65. The lowest BCUT2D eigenvalue weighted by Gasteiger charge is -2.31. The average Bonchev–Trinajstić information content (AvgIpc) is 3.04. The Kier molecular flexibility index (Phi) is 3.67. The molecule has 0 bridgehead atoms. The molecule has 0 aliphatic heterocycles. The zero-order chi connectivity index (χ0) is 11.7. The number of hydrogen-bond acceptors (Lipinski definition) is 2. The maximum Gasteiger partial charge on any atom is 0.0496 e. The summed E-state index contributed by atoms with van der Waals surface area (Å²) >= 11 is 3.47. The monoisotopic (exact) mass is 282 g/mol. The molecule has 0 spiro atoms. The van der Waals surface area contributed by atoms with Crippen molar-refractivity contribution in [3.05, 3.63) is 34.3 Å². The van der Waals surface area contributed by atoms with E-state index in [-0.39, 0.29) is 6.04 Å². The van der Waals surface area contributed by atoms with Crippen molar-refractivity contribution in [3.8, 4) is 0 Å². The summed E-state index contributed by atoms with van der Waals surface area (Å²) in [6.45, 7) is 2.09.